The number of anilines is 2. The van der Waals surface area contributed by atoms with E-state index in [1.54, 1.807) is 24.3 Å². The van der Waals surface area contributed by atoms with Crippen molar-refractivity contribution >= 4 is 110 Å². The Hall–Kier alpha value is -7.52. The van der Waals surface area contributed by atoms with Crippen molar-refractivity contribution in [3.8, 4) is 0 Å². The van der Waals surface area contributed by atoms with Gasteiger partial charge in [0, 0.05) is 10.8 Å². The summed E-state index contributed by atoms with van der Waals surface area (Å²) in [6.45, 7) is 0. The van der Waals surface area contributed by atoms with Gasteiger partial charge in [0.2, 0.25) is 0 Å². The van der Waals surface area contributed by atoms with E-state index in [-0.39, 0.29) is 44.4 Å². The van der Waals surface area contributed by atoms with E-state index < -0.39 is 76.7 Å². The van der Waals surface area contributed by atoms with Crippen LogP contribution in [0.5, 0.6) is 0 Å². The number of carbonyl (C=O) groups excluding carboxylic acids is 4. The molecule has 0 spiro atoms. The summed E-state index contributed by atoms with van der Waals surface area (Å²) >= 11 is 0. The molecule has 0 aromatic heterocycles. The zero-order chi connectivity index (χ0) is 41.3. The summed E-state index contributed by atoms with van der Waals surface area (Å²) in [5, 5.41) is 24.5. The highest BCUT2D eigenvalue weighted by molar-refractivity contribution is 7.86. The molecular weight excluding hydrogens is 801 g/mol. The van der Waals surface area contributed by atoms with Crippen molar-refractivity contribution in [1.82, 2.24) is 10.0 Å². The fraction of sp³-hybridized carbons (Fsp3) is 0. The molecule has 6 N–H and O–H groups in total. The van der Waals surface area contributed by atoms with Crippen LogP contribution in [0, 0.1) is 0 Å². The Morgan fingerprint density at radius 3 is 1.00 bits per heavy atom. The summed E-state index contributed by atoms with van der Waals surface area (Å²) in [6, 6.07) is 17.4. The number of rotatable bonds is 8. The van der Waals surface area contributed by atoms with Gasteiger partial charge in [-0.05, 0) is 93.0 Å². The highest BCUT2D eigenvalue weighted by atomic mass is 32.2. The van der Waals surface area contributed by atoms with E-state index >= 15 is 0 Å². The number of hydrogen-bond donors (Lipinski definition) is 6. The predicted octanol–water partition coefficient (Wildman–Crippen LogP) is 4.87. The maximum absolute atomic E-state index is 14.0. The van der Waals surface area contributed by atoms with E-state index in [1.807, 2.05) is 0 Å². The smallest absolute Gasteiger partial charge is 0.337 e. The van der Waals surface area contributed by atoms with Crippen LogP contribution in [0.15, 0.2) is 94.7 Å². The number of fused-ring (bicyclic) bond motifs is 2. The Morgan fingerprint density at radius 1 is 0.448 bits per heavy atom. The molecule has 58 heavy (non-hydrogen) atoms. The summed E-state index contributed by atoms with van der Waals surface area (Å²) in [5.74, 6) is -6.69. The average Bonchev–Trinajstić information content (AvgIpc) is 3.17. The third kappa shape index (κ3) is 5.09. The number of amides is 4. The molecule has 0 radical (unpaired) electrons. The van der Waals surface area contributed by atoms with E-state index in [0.29, 0.717) is 54.5 Å². The van der Waals surface area contributed by atoms with E-state index in [9.17, 15) is 64.9 Å². The van der Waals surface area contributed by atoms with E-state index in [1.165, 1.54) is 24.3 Å². The van der Waals surface area contributed by atoms with E-state index in [2.05, 4.69) is 10.9 Å². The van der Waals surface area contributed by atoms with Gasteiger partial charge in [0.25, 0.3) is 43.9 Å². The van der Waals surface area contributed by atoms with Crippen LogP contribution in [0.25, 0.3) is 43.1 Å². The minimum atomic E-state index is -4.79. The lowest BCUT2D eigenvalue weighted by molar-refractivity contribution is 0.0631. The topological polar surface area (TPSA) is 282 Å². The Morgan fingerprint density at radius 2 is 0.741 bits per heavy atom. The van der Waals surface area contributed by atoms with Crippen LogP contribution in [0.3, 0.4) is 0 Å². The first-order valence-corrected chi connectivity index (χ1v) is 19.5. The van der Waals surface area contributed by atoms with Crippen molar-refractivity contribution in [2.75, 3.05) is 10.9 Å². The SMILES string of the molecule is O=C(O)c1cc(S(=O)(=O)O)ccc1NN1C(=O)c2ccc3c4ccc5c6c(ccc(c7ccc(c2c37)C1=O)c64)C(=O)N(Nc1ccc(S(=O)(=O)O)cc1C(=O)O)C5=O. The third-order valence-corrected chi connectivity index (χ3v) is 11.8. The first-order chi connectivity index (χ1) is 27.4. The molecule has 0 aliphatic carbocycles. The zero-order valence-corrected chi connectivity index (χ0v) is 30.3. The maximum atomic E-state index is 14.0. The number of benzene rings is 7. The number of nitrogens with zero attached hydrogens (tertiary/aromatic N) is 2. The first kappa shape index (κ1) is 36.1. The molecule has 2 aliphatic heterocycles. The second kappa shape index (κ2) is 12.0. The molecule has 0 unspecified atom stereocenters. The van der Waals surface area contributed by atoms with Gasteiger partial charge in [0.05, 0.1) is 54.5 Å². The van der Waals surface area contributed by atoms with Gasteiger partial charge >= 0.3 is 11.9 Å². The van der Waals surface area contributed by atoms with Crippen molar-refractivity contribution in [3.63, 3.8) is 0 Å². The lowest BCUT2D eigenvalue weighted by Crippen LogP contribution is -2.44. The fourth-order valence-corrected chi connectivity index (χ4v) is 8.64. The van der Waals surface area contributed by atoms with Gasteiger partial charge in [0.15, 0.2) is 0 Å². The number of aromatic carboxylic acids is 2. The molecule has 7 aromatic rings. The minimum Gasteiger partial charge on any atom is -0.478 e. The van der Waals surface area contributed by atoms with Crippen molar-refractivity contribution in [2.24, 2.45) is 0 Å². The number of hydrogen-bond acceptors (Lipinski definition) is 12. The van der Waals surface area contributed by atoms with Crippen LogP contribution < -0.4 is 10.9 Å². The fourth-order valence-electron chi connectivity index (χ4n) is 7.63. The lowest BCUT2D eigenvalue weighted by atomic mass is 9.82. The largest absolute Gasteiger partial charge is 0.478 e. The Balaban J connectivity index is 1.15. The standard InChI is InChI=1S/C38H20N4O14S2/c43-33-21-7-3-17-19-5-9-23-32-24(36(46)42(35(23)45)40-28-12-2-16(58(54,55)56)14-26(28)38(49)50)10-6-20(30(19)32)18-4-8-22(31(21)29(17)18)34(44)41(33)39-27-11-1-15(57(51,52)53)13-25(27)37(47)48/h1-14,39-40H,(H,47,48)(H,49,50)(H,51,52,53)(H,54,55,56). The van der Waals surface area contributed by atoms with E-state index in [0.717, 1.165) is 24.3 Å². The summed E-state index contributed by atoms with van der Waals surface area (Å²) < 4.78 is 65.4. The number of carboxylic acids is 2. The minimum absolute atomic E-state index is 0.0561. The summed E-state index contributed by atoms with van der Waals surface area (Å²) in [5.41, 5.74) is 3.26. The number of hydrazine groups is 2. The van der Waals surface area contributed by atoms with Crippen molar-refractivity contribution in [1.29, 1.82) is 0 Å². The van der Waals surface area contributed by atoms with Crippen LogP contribution in [-0.4, -0.2) is 81.7 Å². The van der Waals surface area contributed by atoms with Crippen LogP contribution in [0.1, 0.15) is 62.1 Å². The van der Waals surface area contributed by atoms with Crippen LogP contribution in [-0.2, 0) is 20.2 Å². The molecule has 18 nitrogen and oxygen atoms in total. The van der Waals surface area contributed by atoms with Gasteiger partial charge in [-0.1, -0.05) is 24.3 Å². The number of nitrogens with one attached hydrogen (secondary N) is 2. The van der Waals surface area contributed by atoms with Crippen molar-refractivity contribution < 1.29 is 64.9 Å². The van der Waals surface area contributed by atoms with Crippen LogP contribution >= 0.6 is 0 Å². The Labute approximate surface area is 323 Å². The quantitative estimate of drug-likeness (QED) is 0.0516. The van der Waals surface area contributed by atoms with Crippen LogP contribution in [0.4, 0.5) is 11.4 Å². The molecule has 288 valence electrons. The third-order valence-electron chi connectivity index (χ3n) is 10.1. The second-order valence-electron chi connectivity index (χ2n) is 13.2. The highest BCUT2D eigenvalue weighted by Gasteiger charge is 2.38. The number of carbonyl (C=O) groups is 6. The molecular formula is C38H20N4O14S2. The van der Waals surface area contributed by atoms with Crippen molar-refractivity contribution in [2.45, 2.75) is 9.79 Å². The molecule has 0 atom stereocenters. The molecule has 0 bridgehead atoms. The summed E-state index contributed by atoms with van der Waals surface area (Å²) in [4.78, 5) is 78.5. The Kier molecular flexibility index (Phi) is 7.47. The molecule has 2 aliphatic rings. The van der Waals surface area contributed by atoms with Gasteiger partial charge in [-0.15, -0.1) is 0 Å². The molecule has 0 saturated carbocycles. The molecule has 0 saturated heterocycles. The van der Waals surface area contributed by atoms with Gasteiger partial charge in [-0.3, -0.25) is 39.1 Å². The molecule has 4 amide bonds. The Bertz CT molecular complexity index is 3060. The van der Waals surface area contributed by atoms with Crippen LogP contribution in [0.2, 0.25) is 0 Å². The average molecular weight is 821 g/mol. The molecule has 2 heterocycles. The highest BCUT2D eigenvalue weighted by Crippen LogP contribution is 2.46. The monoisotopic (exact) mass is 820 g/mol. The van der Waals surface area contributed by atoms with E-state index in [4.69, 9.17) is 0 Å². The van der Waals surface area contributed by atoms with Crippen molar-refractivity contribution in [3.05, 3.63) is 118 Å². The van der Waals surface area contributed by atoms with Gasteiger partial charge < -0.3 is 10.2 Å². The number of imide groups is 2. The van der Waals surface area contributed by atoms with Gasteiger partial charge in [-0.25, -0.2) is 9.59 Å². The van der Waals surface area contributed by atoms with Gasteiger partial charge in [-0.2, -0.15) is 26.9 Å². The second-order valence-corrected chi connectivity index (χ2v) is 16.1. The molecule has 0 fully saturated rings. The first-order valence-electron chi connectivity index (χ1n) is 16.6. The predicted molar refractivity (Wildman–Crippen MR) is 202 cm³/mol. The number of carboxylic acid groups (broad SMARTS) is 2. The zero-order valence-electron chi connectivity index (χ0n) is 28.7. The lowest BCUT2D eigenvalue weighted by Gasteiger charge is -2.31. The summed E-state index contributed by atoms with van der Waals surface area (Å²) in [6.07, 6.45) is 0. The summed E-state index contributed by atoms with van der Waals surface area (Å²) in [7, 11) is -9.57. The molecule has 7 aromatic carbocycles. The molecule has 9 rings (SSSR count). The normalized spacial score (nSPS) is 14.3. The molecule has 20 heteroatoms. The van der Waals surface area contributed by atoms with Gasteiger partial charge in [0.1, 0.15) is 0 Å². The maximum Gasteiger partial charge on any atom is 0.337 e.